The van der Waals surface area contributed by atoms with Crippen molar-refractivity contribution in [1.82, 2.24) is 15.4 Å². The Hall–Kier alpha value is -2.60. The average Bonchev–Trinajstić information content (AvgIpc) is 3.22. The molecule has 0 aliphatic carbocycles. The van der Waals surface area contributed by atoms with Crippen molar-refractivity contribution in [3.63, 3.8) is 0 Å². The van der Waals surface area contributed by atoms with Crippen molar-refractivity contribution in [2.24, 2.45) is 0 Å². The number of nitrogens with zero attached hydrogens (tertiary/aromatic N) is 4. The van der Waals surface area contributed by atoms with Crippen LogP contribution in [-0.2, 0) is 10.9 Å². The quantitative estimate of drug-likeness (QED) is 0.930. The molecule has 0 bridgehead atoms. The van der Waals surface area contributed by atoms with Crippen molar-refractivity contribution in [2.75, 3.05) is 25.1 Å². The number of hydrogen-bond donors (Lipinski definition) is 1. The largest absolute Gasteiger partial charge is 0.418 e. The smallest absolute Gasteiger partial charge is 0.379 e. The number of hydrogen-bond acceptors (Lipinski definition) is 5. The first-order valence-electron chi connectivity index (χ1n) is 7.18. The molecule has 2 heterocycles. The number of H-pyrrole nitrogens is 1. The number of rotatable bonds is 3. The second-order valence-corrected chi connectivity index (χ2v) is 5.52. The molecule has 3 rings (SSSR count). The first-order valence-corrected chi connectivity index (χ1v) is 7.18. The number of ether oxygens (including phenoxy) is 1. The molecule has 1 fully saturated rings. The van der Waals surface area contributed by atoms with Crippen molar-refractivity contribution in [1.29, 1.82) is 5.26 Å². The van der Waals surface area contributed by atoms with Gasteiger partial charge < -0.3 is 9.64 Å². The van der Waals surface area contributed by atoms with Crippen molar-refractivity contribution in [3.05, 3.63) is 41.2 Å². The highest BCUT2D eigenvalue weighted by molar-refractivity contribution is 5.60. The van der Waals surface area contributed by atoms with Crippen LogP contribution in [-0.4, -0.2) is 41.7 Å². The predicted molar refractivity (Wildman–Crippen MR) is 78.3 cm³/mol. The summed E-state index contributed by atoms with van der Waals surface area (Å²) in [7, 11) is 1.51. The van der Waals surface area contributed by atoms with Crippen molar-refractivity contribution < 1.29 is 17.9 Å². The molecule has 6 nitrogen and oxygen atoms in total. The van der Waals surface area contributed by atoms with Gasteiger partial charge in [-0.3, -0.25) is 0 Å². The Balaban J connectivity index is 1.99. The maximum absolute atomic E-state index is 13.3. The van der Waals surface area contributed by atoms with E-state index in [1.807, 2.05) is 6.07 Å². The first kappa shape index (κ1) is 16.3. The van der Waals surface area contributed by atoms with E-state index in [-0.39, 0.29) is 29.8 Å². The van der Waals surface area contributed by atoms with Crippen LogP contribution in [0.4, 0.5) is 18.9 Å². The topological polar surface area (TPSA) is 77.8 Å². The van der Waals surface area contributed by atoms with E-state index in [9.17, 15) is 13.2 Å². The van der Waals surface area contributed by atoms with E-state index < -0.39 is 11.7 Å². The molecule has 1 aromatic carbocycles. The fourth-order valence-corrected chi connectivity index (χ4v) is 2.99. The zero-order valence-electron chi connectivity index (χ0n) is 12.7. The molecule has 0 unspecified atom stereocenters. The molecule has 2 aromatic rings. The van der Waals surface area contributed by atoms with Crippen LogP contribution in [0, 0.1) is 11.3 Å². The molecule has 0 radical (unpaired) electrons. The third-order valence-corrected chi connectivity index (χ3v) is 4.16. The molecular weight excluding hydrogens is 323 g/mol. The number of aromatic amines is 1. The summed E-state index contributed by atoms with van der Waals surface area (Å²) in [4.78, 5) is 1.58. The zero-order valence-corrected chi connectivity index (χ0v) is 12.7. The normalized spacial score (nSPS) is 21.0. The van der Waals surface area contributed by atoms with Gasteiger partial charge in [0.15, 0.2) is 0 Å². The van der Waals surface area contributed by atoms with Gasteiger partial charge in [0.05, 0.1) is 46.8 Å². The molecule has 0 amide bonds. The fraction of sp³-hybridized carbons (Fsp3) is 0.400. The van der Waals surface area contributed by atoms with Gasteiger partial charge in [-0.15, -0.1) is 0 Å². The minimum absolute atomic E-state index is 0.0189. The number of benzene rings is 1. The van der Waals surface area contributed by atoms with Crippen LogP contribution in [0.2, 0.25) is 0 Å². The van der Waals surface area contributed by atoms with E-state index in [0.29, 0.717) is 12.2 Å². The Morgan fingerprint density at radius 2 is 2.17 bits per heavy atom. The summed E-state index contributed by atoms with van der Waals surface area (Å²) >= 11 is 0. The average molecular weight is 337 g/mol. The Morgan fingerprint density at radius 3 is 2.75 bits per heavy atom. The Morgan fingerprint density at radius 1 is 1.38 bits per heavy atom. The Kier molecular flexibility index (Phi) is 4.15. The molecular formula is C15H14F3N5O. The van der Waals surface area contributed by atoms with Crippen LogP contribution in [0.25, 0.3) is 0 Å². The minimum Gasteiger partial charge on any atom is -0.379 e. The SMILES string of the molecule is CO[C@@H]1CN(c2cc(C#N)ccc2C(F)(F)F)C[C@H]1c1cn[nH]n1. The monoisotopic (exact) mass is 337 g/mol. The van der Waals surface area contributed by atoms with Crippen molar-refractivity contribution in [3.8, 4) is 6.07 Å². The maximum Gasteiger partial charge on any atom is 0.418 e. The number of alkyl halides is 3. The maximum atomic E-state index is 13.3. The Bertz CT molecular complexity index is 753. The lowest BCUT2D eigenvalue weighted by Gasteiger charge is -2.23. The van der Waals surface area contributed by atoms with Crippen LogP contribution in [0.5, 0.6) is 0 Å². The number of nitriles is 1. The van der Waals surface area contributed by atoms with Crippen molar-refractivity contribution >= 4 is 5.69 Å². The highest BCUT2D eigenvalue weighted by Gasteiger charge is 2.40. The molecule has 1 aliphatic rings. The molecule has 2 atom stereocenters. The van der Waals surface area contributed by atoms with E-state index in [4.69, 9.17) is 10.00 Å². The van der Waals surface area contributed by atoms with Crippen LogP contribution in [0.1, 0.15) is 22.7 Å². The van der Waals surface area contributed by atoms with Gasteiger partial charge in [-0.25, -0.2) is 0 Å². The van der Waals surface area contributed by atoms with Gasteiger partial charge in [0.1, 0.15) is 0 Å². The summed E-state index contributed by atoms with van der Waals surface area (Å²) in [5.41, 5.74) is 0.0259. The van der Waals surface area contributed by atoms with Gasteiger partial charge in [0, 0.05) is 20.2 Å². The van der Waals surface area contributed by atoms with E-state index in [2.05, 4.69) is 15.4 Å². The van der Waals surface area contributed by atoms with Crippen molar-refractivity contribution in [2.45, 2.75) is 18.2 Å². The van der Waals surface area contributed by atoms with Gasteiger partial charge in [-0.1, -0.05) is 0 Å². The number of anilines is 1. The number of halogens is 3. The third kappa shape index (κ3) is 2.92. The molecule has 1 aliphatic heterocycles. The summed E-state index contributed by atoms with van der Waals surface area (Å²) < 4.78 is 45.4. The van der Waals surface area contributed by atoms with Gasteiger partial charge in [0.25, 0.3) is 0 Å². The van der Waals surface area contributed by atoms with E-state index in [0.717, 1.165) is 6.07 Å². The molecule has 9 heteroatoms. The Labute approximate surface area is 135 Å². The lowest BCUT2D eigenvalue weighted by atomic mass is 10.0. The molecule has 1 aromatic heterocycles. The summed E-state index contributed by atoms with van der Waals surface area (Å²) in [6, 6.07) is 5.26. The number of nitrogens with one attached hydrogen (secondary N) is 1. The summed E-state index contributed by atoms with van der Waals surface area (Å²) in [5, 5.41) is 19.3. The lowest BCUT2D eigenvalue weighted by Crippen LogP contribution is -2.25. The fourth-order valence-electron chi connectivity index (χ4n) is 2.99. The van der Waals surface area contributed by atoms with Crippen LogP contribution in [0.15, 0.2) is 24.4 Å². The second kappa shape index (κ2) is 6.13. The summed E-state index contributed by atoms with van der Waals surface area (Å²) in [5.74, 6) is -0.208. The highest BCUT2D eigenvalue weighted by atomic mass is 19.4. The van der Waals surface area contributed by atoms with Gasteiger partial charge in [-0.2, -0.15) is 33.8 Å². The van der Waals surface area contributed by atoms with Crippen LogP contribution >= 0.6 is 0 Å². The zero-order chi connectivity index (χ0) is 17.3. The van der Waals surface area contributed by atoms with E-state index >= 15 is 0 Å². The molecule has 126 valence electrons. The van der Waals surface area contributed by atoms with E-state index in [1.54, 1.807) is 4.90 Å². The minimum atomic E-state index is -4.50. The number of methoxy groups -OCH3 is 1. The lowest BCUT2D eigenvalue weighted by molar-refractivity contribution is -0.137. The van der Waals surface area contributed by atoms with Gasteiger partial charge >= 0.3 is 6.18 Å². The molecule has 1 saturated heterocycles. The predicted octanol–water partition coefficient (Wildman–Crippen LogP) is 2.31. The number of aromatic nitrogens is 3. The van der Waals surface area contributed by atoms with Crippen LogP contribution < -0.4 is 4.90 Å². The third-order valence-electron chi connectivity index (χ3n) is 4.16. The van der Waals surface area contributed by atoms with Gasteiger partial charge in [-0.05, 0) is 18.2 Å². The second-order valence-electron chi connectivity index (χ2n) is 5.52. The molecule has 0 saturated carbocycles. The summed E-state index contributed by atoms with van der Waals surface area (Å²) in [6.07, 6.45) is -3.28. The summed E-state index contributed by atoms with van der Waals surface area (Å²) in [6.45, 7) is 0.564. The van der Waals surface area contributed by atoms with Crippen LogP contribution in [0.3, 0.4) is 0 Å². The molecule has 0 spiro atoms. The molecule has 24 heavy (non-hydrogen) atoms. The molecule has 1 N–H and O–H groups in total. The highest BCUT2D eigenvalue weighted by Crippen LogP contribution is 2.40. The van der Waals surface area contributed by atoms with E-state index in [1.165, 1.54) is 25.4 Å². The first-order chi connectivity index (χ1) is 11.4. The standard InChI is InChI=1S/C15H14F3N5O/c1-24-14-8-23(7-10(14)12-6-20-22-21-12)13-4-9(5-19)2-3-11(13)15(16,17)18/h2-4,6,10,14H,7-8H2,1H3,(H,20,21,22)/t10-,14+/m0/s1. The van der Waals surface area contributed by atoms with Gasteiger partial charge in [0.2, 0.25) is 0 Å².